The van der Waals surface area contributed by atoms with Crippen molar-refractivity contribution in [1.82, 2.24) is 0 Å². The summed E-state index contributed by atoms with van der Waals surface area (Å²) >= 11 is 0. The lowest BCUT2D eigenvalue weighted by atomic mass is 9.33. The van der Waals surface area contributed by atoms with E-state index < -0.39 is 270 Å². The Labute approximate surface area is 613 Å². The highest BCUT2D eigenvalue weighted by Crippen LogP contribution is 2.76. The van der Waals surface area contributed by atoms with Crippen LogP contribution in [0.15, 0.2) is 11.6 Å². The molecule has 106 heavy (non-hydrogen) atoms. The molecule has 4 saturated carbocycles. The first-order chi connectivity index (χ1) is 49.6. The first kappa shape index (κ1) is 83.3. The summed E-state index contributed by atoms with van der Waals surface area (Å²) in [6, 6.07) is 0. The minimum Gasteiger partial charge on any atom is -0.456 e. The maximum atomic E-state index is 15.5. The Hall–Kier alpha value is -2.11. The fourth-order valence-electron chi connectivity index (χ4n) is 20.9. The molecule has 0 aromatic rings. The van der Waals surface area contributed by atoms with Crippen LogP contribution in [0, 0.1) is 56.2 Å². The van der Waals surface area contributed by atoms with Gasteiger partial charge in [-0.15, -0.1) is 0 Å². The lowest BCUT2D eigenvalue weighted by molar-refractivity contribution is -0.395. The van der Waals surface area contributed by atoms with E-state index in [9.17, 15) is 107 Å². The van der Waals surface area contributed by atoms with Crippen LogP contribution in [0.1, 0.15) is 133 Å². The molecule has 0 aromatic carbocycles. The van der Waals surface area contributed by atoms with Gasteiger partial charge in [-0.05, 0) is 129 Å². The summed E-state index contributed by atoms with van der Waals surface area (Å²) in [4.78, 5) is 15.5. The molecule has 12 rings (SSSR count). The van der Waals surface area contributed by atoms with Crippen LogP contribution in [0.3, 0.4) is 0 Å². The van der Waals surface area contributed by atoms with Gasteiger partial charge in [-0.2, -0.15) is 0 Å². The highest BCUT2D eigenvalue weighted by atomic mass is 16.8. The molecule has 21 N–H and O–H groups in total. The van der Waals surface area contributed by atoms with E-state index in [4.69, 9.17) is 61.6 Å². The van der Waals surface area contributed by atoms with Gasteiger partial charge in [-0.25, -0.2) is 0 Å². The van der Waals surface area contributed by atoms with Gasteiger partial charge in [0.1, 0.15) is 128 Å². The second kappa shape index (κ2) is 31.2. The molecule has 7 heterocycles. The summed E-state index contributed by atoms with van der Waals surface area (Å²) in [7, 11) is 0. The van der Waals surface area contributed by atoms with E-state index in [1.165, 1.54) is 13.8 Å². The molecule has 5 aliphatic carbocycles. The van der Waals surface area contributed by atoms with Crippen molar-refractivity contribution < 1.29 is 174 Å². The normalized spacial score (nSPS) is 55.3. The highest BCUT2D eigenvalue weighted by molar-refractivity contribution is 5.79. The van der Waals surface area contributed by atoms with Gasteiger partial charge < -0.3 is 169 Å². The predicted molar refractivity (Wildman–Crippen MR) is 351 cm³/mol. The maximum absolute atomic E-state index is 15.5. The van der Waals surface area contributed by atoms with Crippen LogP contribution in [-0.4, -0.2) is 348 Å². The topological polar surface area (TPSA) is 562 Å². The average Bonchev–Trinajstić information content (AvgIpc) is 0.674. The third-order valence-electron chi connectivity index (χ3n) is 27.6. The molecule has 0 amide bonds. The molecular weight excluding hydrogens is 1410 g/mol. The molecule has 0 radical (unpaired) electrons. The Morgan fingerprint density at radius 1 is 0.443 bits per heavy atom. The quantitative estimate of drug-likeness (QED) is 0.0366. The molecule has 7 saturated heterocycles. The van der Waals surface area contributed by atoms with Crippen LogP contribution in [0.5, 0.6) is 0 Å². The van der Waals surface area contributed by atoms with E-state index in [1.54, 1.807) is 0 Å². The van der Waals surface area contributed by atoms with Crippen molar-refractivity contribution in [3.8, 4) is 0 Å². The molecule has 0 bridgehead atoms. The molecule has 7 aliphatic heterocycles. The monoisotopic (exact) mass is 1530 g/mol. The Kier molecular flexibility index (Phi) is 24.6. The lowest BCUT2D eigenvalue weighted by Gasteiger charge is -2.71. The number of carbonyl (C=O) groups is 1. The third kappa shape index (κ3) is 14.5. The molecule has 610 valence electrons. The van der Waals surface area contributed by atoms with Gasteiger partial charge >= 0.3 is 5.97 Å². The second-order valence-corrected chi connectivity index (χ2v) is 34.5. The van der Waals surface area contributed by atoms with Gasteiger partial charge in [0.15, 0.2) is 56.4 Å². The molecule has 43 atom stereocenters. The third-order valence-corrected chi connectivity index (χ3v) is 27.6. The van der Waals surface area contributed by atoms with Gasteiger partial charge in [0, 0.05) is 5.92 Å². The number of esters is 1. The van der Waals surface area contributed by atoms with Gasteiger partial charge in [0.05, 0.1) is 55.8 Å². The molecule has 35 heteroatoms. The molecule has 35 nitrogen and oxygen atoms in total. The van der Waals surface area contributed by atoms with Gasteiger partial charge in [-0.1, -0.05) is 60.1 Å². The van der Waals surface area contributed by atoms with E-state index in [-0.39, 0.29) is 34.0 Å². The Balaban J connectivity index is 0.719. The first-order valence-electron chi connectivity index (χ1n) is 37.5. The summed E-state index contributed by atoms with van der Waals surface area (Å²) in [6.45, 7) is 16.1. The zero-order valence-electron chi connectivity index (χ0n) is 61.1. The van der Waals surface area contributed by atoms with E-state index >= 15 is 4.79 Å². The Morgan fingerprint density at radius 3 is 1.60 bits per heavy atom. The van der Waals surface area contributed by atoms with Crippen LogP contribution in [0.2, 0.25) is 0 Å². The van der Waals surface area contributed by atoms with Gasteiger partial charge in [-0.3, -0.25) is 4.79 Å². The second-order valence-electron chi connectivity index (χ2n) is 34.5. The number of ether oxygens (including phenoxy) is 13. The summed E-state index contributed by atoms with van der Waals surface area (Å²) in [5, 5.41) is 231. The molecule has 43 unspecified atom stereocenters. The Bertz CT molecular complexity index is 3030. The highest BCUT2D eigenvalue weighted by Gasteiger charge is 2.71. The number of hydrogen-bond acceptors (Lipinski definition) is 35. The zero-order valence-corrected chi connectivity index (χ0v) is 61.1. The smallest absolute Gasteiger partial charge is 0.313 e. The van der Waals surface area contributed by atoms with Gasteiger partial charge in [0.2, 0.25) is 0 Å². The van der Waals surface area contributed by atoms with E-state index in [2.05, 4.69) is 54.5 Å². The number of aliphatic hydroxyl groups is 21. The van der Waals surface area contributed by atoms with Crippen molar-refractivity contribution in [1.29, 1.82) is 0 Å². The fraction of sp³-hybridized carbons (Fsp3) is 0.958. The minimum absolute atomic E-state index is 0.00580. The van der Waals surface area contributed by atoms with Crippen LogP contribution >= 0.6 is 0 Å². The molecule has 12 aliphatic rings. The molecular formula is C71H116O35. The van der Waals surface area contributed by atoms with E-state index in [1.807, 2.05) is 0 Å². The SMILES string of the molecule is CC1OC(O)C(OC2OC(OC3CCC4(C)C(CCC5(C)C4CC=C4C6CC(C)(C)CCC6(C(=O)OC6C(O)C(CO)OC(OCC7OC(OC8C(C)OC(O)C(O)C8O)C(O)C(O)C7O)C6O)CCC45C)C3(C)C)C(O)C(O)C2O)C(CC2OC(OC3C(O)OC(CO)C(O)C3O)C(O)C(O)C2O)C1O. The van der Waals surface area contributed by atoms with Crippen molar-refractivity contribution in [3.05, 3.63) is 11.6 Å². The van der Waals surface area contributed by atoms with E-state index in [0.29, 0.717) is 51.4 Å². The minimum atomic E-state index is -2.03. The average molecular weight is 1530 g/mol. The summed E-state index contributed by atoms with van der Waals surface area (Å²) in [6.07, 6.45) is -52.2. The van der Waals surface area contributed by atoms with Crippen LogP contribution < -0.4 is 0 Å². The zero-order chi connectivity index (χ0) is 77.5. The standard InChI is InChI=1S/C71H116O35/c1-25-37(74)27(20-30-38(75)42(79)48(85)61(98-30)104-56-45(82)39(76)31(22-72)97-59(56)92)54(58(91)95-25)103-64-51(88)44(81)50(87)63(106-64)101-36-13-14-68(7)34(67(36,5)6)12-15-70(9)35(68)11-10-28-29-21-66(3,4)16-18-71(29,19-17-69(28,70)8)65(93)105-55-41(78)32(23-73)99-60(52(55)89)94-24-33-40(77)43(80)49(86)62(100-33)102-53-26(2)96-57(90)47(84)46(53)83/h10,25-27,29-64,72-92H,11-24H2,1-9H3. The largest absolute Gasteiger partial charge is 0.456 e. The number of fused-ring (bicyclic) bond motifs is 7. The maximum Gasteiger partial charge on any atom is 0.313 e. The van der Waals surface area contributed by atoms with Crippen molar-refractivity contribution in [2.24, 2.45) is 56.2 Å². The number of rotatable bonds is 17. The summed E-state index contributed by atoms with van der Waals surface area (Å²) in [5.74, 6) is -2.24. The van der Waals surface area contributed by atoms with Crippen LogP contribution in [0.4, 0.5) is 0 Å². The predicted octanol–water partition coefficient (Wildman–Crippen LogP) is -5.93. The molecule has 0 spiro atoms. The van der Waals surface area contributed by atoms with Crippen molar-refractivity contribution in [2.45, 2.75) is 348 Å². The van der Waals surface area contributed by atoms with Crippen molar-refractivity contribution in [3.63, 3.8) is 0 Å². The van der Waals surface area contributed by atoms with Crippen LogP contribution in [-0.2, 0) is 66.4 Å². The number of hydrogen-bond donors (Lipinski definition) is 21. The number of aliphatic hydroxyl groups excluding tert-OH is 21. The number of allylic oxidation sites excluding steroid dienone is 2. The molecule has 0 aromatic heterocycles. The first-order valence-corrected chi connectivity index (χ1v) is 37.5. The Morgan fingerprint density at radius 2 is 0.962 bits per heavy atom. The lowest BCUT2D eigenvalue weighted by Crippen LogP contribution is -2.66. The van der Waals surface area contributed by atoms with Crippen LogP contribution in [0.25, 0.3) is 0 Å². The van der Waals surface area contributed by atoms with E-state index in [0.717, 1.165) is 18.4 Å². The summed E-state index contributed by atoms with van der Waals surface area (Å²) < 4.78 is 76.5. The summed E-state index contributed by atoms with van der Waals surface area (Å²) in [5.41, 5.74) is -1.98. The molecule has 11 fully saturated rings. The van der Waals surface area contributed by atoms with Crippen molar-refractivity contribution in [2.75, 3.05) is 19.8 Å². The number of carbonyl (C=O) groups excluding carboxylic acids is 1. The fourth-order valence-corrected chi connectivity index (χ4v) is 20.9. The van der Waals surface area contributed by atoms with Crippen molar-refractivity contribution >= 4 is 5.97 Å². The van der Waals surface area contributed by atoms with Gasteiger partial charge in [0.25, 0.3) is 0 Å².